The number of hydrogen-bond acceptors (Lipinski definition) is 7. The zero-order valence-corrected chi connectivity index (χ0v) is 16.9. The average Bonchev–Trinajstić information content (AvgIpc) is 3.12. The van der Waals surface area contributed by atoms with E-state index in [1.807, 2.05) is 30.3 Å². The van der Waals surface area contributed by atoms with Crippen LogP contribution >= 0.6 is 0 Å². The predicted molar refractivity (Wildman–Crippen MR) is 113 cm³/mol. The number of aliphatic hydroxyl groups excluding tert-OH is 1. The van der Waals surface area contributed by atoms with Crippen LogP contribution in [0.25, 0.3) is 11.2 Å². The van der Waals surface area contributed by atoms with Gasteiger partial charge in [0, 0.05) is 33.2 Å². The molecule has 3 aromatic rings. The maximum atomic E-state index is 12.6. The zero-order chi connectivity index (χ0) is 21.1. The Balaban J connectivity index is 1.64. The lowest BCUT2D eigenvalue weighted by molar-refractivity contribution is 0.0398. The van der Waals surface area contributed by atoms with Crippen molar-refractivity contribution in [2.45, 2.75) is 12.6 Å². The van der Waals surface area contributed by atoms with Crippen molar-refractivity contribution in [2.24, 2.45) is 7.05 Å². The fourth-order valence-corrected chi connectivity index (χ4v) is 3.65. The number of nitrogens with one attached hydrogen (secondary N) is 2. The number of aromatic nitrogens is 4. The molecule has 0 unspecified atom stereocenters. The Hall–Kier alpha value is -2.95. The highest BCUT2D eigenvalue weighted by molar-refractivity contribution is 5.74. The number of benzene rings is 1. The molecule has 1 atom stereocenters. The van der Waals surface area contributed by atoms with E-state index < -0.39 is 17.4 Å². The molecule has 1 aromatic carbocycles. The van der Waals surface area contributed by atoms with Crippen molar-refractivity contribution < 1.29 is 9.84 Å². The molecular weight excluding hydrogens is 388 g/mol. The van der Waals surface area contributed by atoms with Crippen LogP contribution in [0.4, 0.5) is 5.95 Å². The largest absolute Gasteiger partial charge is 0.387 e. The van der Waals surface area contributed by atoms with Crippen molar-refractivity contribution >= 4 is 17.1 Å². The molecule has 0 spiro atoms. The maximum Gasteiger partial charge on any atom is 0.329 e. The molecule has 1 fully saturated rings. The molecule has 160 valence electrons. The molecule has 0 aliphatic carbocycles. The lowest BCUT2D eigenvalue weighted by Crippen LogP contribution is -2.39. The first-order chi connectivity index (χ1) is 14.5. The van der Waals surface area contributed by atoms with Gasteiger partial charge in [-0.25, -0.2) is 4.79 Å². The molecule has 1 aliphatic heterocycles. The molecule has 10 nitrogen and oxygen atoms in total. The standard InChI is InChI=1S/C20H26N6O4/c1-24-17-16(18(28)23-20(24)29)26(13-15(27)14-5-3-2-4-6-14)19(22-17)21-7-8-25-9-11-30-12-10-25/h2-6,15,27H,7-13H2,1H3,(H,21,22)(H,23,28,29)/t15-/m0/s1. The Bertz CT molecular complexity index is 1110. The summed E-state index contributed by atoms with van der Waals surface area (Å²) in [5, 5.41) is 14.0. The van der Waals surface area contributed by atoms with Gasteiger partial charge in [-0.15, -0.1) is 0 Å². The summed E-state index contributed by atoms with van der Waals surface area (Å²) in [6.45, 7) is 4.72. The van der Waals surface area contributed by atoms with E-state index in [1.54, 1.807) is 11.6 Å². The lowest BCUT2D eigenvalue weighted by Gasteiger charge is -2.26. The van der Waals surface area contributed by atoms with Crippen molar-refractivity contribution in [1.29, 1.82) is 0 Å². The highest BCUT2D eigenvalue weighted by Crippen LogP contribution is 2.21. The van der Waals surface area contributed by atoms with Crippen LogP contribution in [0.5, 0.6) is 0 Å². The molecule has 0 amide bonds. The minimum absolute atomic E-state index is 0.127. The number of aliphatic hydroxyl groups is 1. The Morgan fingerprint density at radius 1 is 1.23 bits per heavy atom. The molecule has 0 radical (unpaired) electrons. The number of ether oxygens (including phenoxy) is 1. The summed E-state index contributed by atoms with van der Waals surface area (Å²) >= 11 is 0. The number of anilines is 1. The number of morpholine rings is 1. The SMILES string of the molecule is Cn1c(=O)[nH]c(=O)c2c1nc(NCCN1CCOCC1)n2C[C@H](O)c1ccccc1. The highest BCUT2D eigenvalue weighted by atomic mass is 16.5. The Morgan fingerprint density at radius 2 is 1.97 bits per heavy atom. The normalized spacial score (nSPS) is 16.1. The second-order valence-corrected chi connectivity index (χ2v) is 7.34. The van der Waals surface area contributed by atoms with Crippen LogP contribution in [0.1, 0.15) is 11.7 Å². The number of fused-ring (bicyclic) bond motifs is 1. The van der Waals surface area contributed by atoms with Crippen LogP contribution in [-0.4, -0.2) is 68.5 Å². The van der Waals surface area contributed by atoms with Crippen molar-refractivity contribution in [3.8, 4) is 0 Å². The Labute approximate surface area is 172 Å². The fraction of sp³-hybridized carbons (Fsp3) is 0.450. The lowest BCUT2D eigenvalue weighted by atomic mass is 10.1. The van der Waals surface area contributed by atoms with Crippen LogP contribution in [0.3, 0.4) is 0 Å². The number of aryl methyl sites for hydroxylation is 1. The van der Waals surface area contributed by atoms with Gasteiger partial charge in [0.25, 0.3) is 5.56 Å². The molecule has 3 heterocycles. The Morgan fingerprint density at radius 3 is 2.70 bits per heavy atom. The summed E-state index contributed by atoms with van der Waals surface area (Å²) < 4.78 is 8.31. The van der Waals surface area contributed by atoms with Gasteiger partial charge in [0.05, 0.1) is 25.9 Å². The minimum atomic E-state index is -0.833. The van der Waals surface area contributed by atoms with E-state index in [-0.39, 0.29) is 17.7 Å². The van der Waals surface area contributed by atoms with Crippen LogP contribution in [0.2, 0.25) is 0 Å². The van der Waals surface area contributed by atoms with Crippen LogP contribution in [-0.2, 0) is 18.3 Å². The van der Waals surface area contributed by atoms with Gasteiger partial charge in [-0.3, -0.25) is 19.2 Å². The number of H-pyrrole nitrogens is 1. The summed E-state index contributed by atoms with van der Waals surface area (Å²) in [5.41, 5.74) is 0.210. The first-order valence-corrected chi connectivity index (χ1v) is 10.0. The molecule has 1 aliphatic rings. The quantitative estimate of drug-likeness (QED) is 0.494. The van der Waals surface area contributed by atoms with Crippen LogP contribution in [0.15, 0.2) is 39.9 Å². The average molecular weight is 414 g/mol. The van der Waals surface area contributed by atoms with E-state index in [1.165, 1.54) is 4.57 Å². The van der Waals surface area contributed by atoms with Crippen molar-refractivity contribution in [3.63, 3.8) is 0 Å². The van der Waals surface area contributed by atoms with E-state index in [2.05, 4.69) is 20.2 Å². The molecule has 0 saturated carbocycles. The number of rotatable bonds is 7. The van der Waals surface area contributed by atoms with Gasteiger partial charge >= 0.3 is 5.69 Å². The van der Waals surface area contributed by atoms with Gasteiger partial charge in [0.2, 0.25) is 5.95 Å². The van der Waals surface area contributed by atoms with Crippen LogP contribution in [0, 0.1) is 0 Å². The molecule has 10 heteroatoms. The molecule has 30 heavy (non-hydrogen) atoms. The van der Waals surface area contributed by atoms with Crippen molar-refractivity contribution in [3.05, 3.63) is 56.7 Å². The predicted octanol–water partition coefficient (Wildman–Crippen LogP) is -0.0990. The summed E-state index contributed by atoms with van der Waals surface area (Å²) in [7, 11) is 1.56. The van der Waals surface area contributed by atoms with Gasteiger partial charge in [-0.1, -0.05) is 30.3 Å². The van der Waals surface area contributed by atoms with E-state index in [0.29, 0.717) is 12.5 Å². The van der Waals surface area contributed by atoms with Gasteiger partial charge in [0.15, 0.2) is 11.2 Å². The molecular formula is C20H26N6O4. The molecule has 0 bridgehead atoms. The second kappa shape index (κ2) is 8.82. The fourth-order valence-electron chi connectivity index (χ4n) is 3.65. The van der Waals surface area contributed by atoms with E-state index in [4.69, 9.17) is 4.74 Å². The first-order valence-electron chi connectivity index (χ1n) is 10.0. The minimum Gasteiger partial charge on any atom is -0.387 e. The smallest absolute Gasteiger partial charge is 0.329 e. The Kier molecular flexibility index (Phi) is 5.98. The highest BCUT2D eigenvalue weighted by Gasteiger charge is 2.20. The molecule has 3 N–H and O–H groups in total. The topological polar surface area (TPSA) is 117 Å². The summed E-state index contributed by atoms with van der Waals surface area (Å²) in [6, 6.07) is 9.23. The number of nitrogens with zero attached hydrogens (tertiary/aromatic N) is 4. The summed E-state index contributed by atoms with van der Waals surface area (Å²) in [4.78, 5) is 33.7. The summed E-state index contributed by atoms with van der Waals surface area (Å²) in [5.74, 6) is 0.444. The molecule has 2 aromatic heterocycles. The summed E-state index contributed by atoms with van der Waals surface area (Å²) in [6.07, 6.45) is -0.833. The van der Waals surface area contributed by atoms with Gasteiger partial charge in [0.1, 0.15) is 0 Å². The zero-order valence-electron chi connectivity index (χ0n) is 16.9. The second-order valence-electron chi connectivity index (χ2n) is 7.34. The number of aromatic amines is 1. The molecule has 4 rings (SSSR count). The third-order valence-corrected chi connectivity index (χ3v) is 5.36. The third-order valence-electron chi connectivity index (χ3n) is 5.36. The molecule has 1 saturated heterocycles. The third kappa shape index (κ3) is 4.16. The van der Waals surface area contributed by atoms with Gasteiger partial charge in [-0.2, -0.15) is 4.98 Å². The van der Waals surface area contributed by atoms with Crippen molar-refractivity contribution in [2.75, 3.05) is 44.7 Å². The monoisotopic (exact) mass is 414 g/mol. The van der Waals surface area contributed by atoms with E-state index >= 15 is 0 Å². The van der Waals surface area contributed by atoms with E-state index in [0.717, 1.165) is 38.4 Å². The number of imidazole rings is 1. The van der Waals surface area contributed by atoms with Gasteiger partial charge < -0.3 is 19.7 Å². The number of hydrogen-bond donors (Lipinski definition) is 3. The van der Waals surface area contributed by atoms with Crippen LogP contribution < -0.4 is 16.6 Å². The first kappa shape index (κ1) is 20.3. The maximum absolute atomic E-state index is 12.6. The van der Waals surface area contributed by atoms with Gasteiger partial charge in [-0.05, 0) is 5.56 Å². The van der Waals surface area contributed by atoms with E-state index in [9.17, 15) is 14.7 Å². The van der Waals surface area contributed by atoms with Crippen molar-refractivity contribution in [1.82, 2.24) is 24.0 Å².